The Morgan fingerprint density at radius 2 is 1.89 bits per heavy atom. The summed E-state index contributed by atoms with van der Waals surface area (Å²) in [7, 11) is 3.42. The van der Waals surface area contributed by atoms with Crippen LogP contribution in [0.3, 0.4) is 0 Å². The van der Waals surface area contributed by atoms with Gasteiger partial charge >= 0.3 is 5.69 Å². The van der Waals surface area contributed by atoms with Crippen molar-refractivity contribution in [2.24, 2.45) is 14.1 Å². The number of fused-ring (bicyclic) bond motifs is 1. The number of nitrogens with one attached hydrogen (secondary N) is 1. The summed E-state index contributed by atoms with van der Waals surface area (Å²) in [6, 6.07) is 8.94. The molecule has 1 saturated heterocycles. The lowest BCUT2D eigenvalue weighted by Crippen LogP contribution is -2.44. The highest BCUT2D eigenvalue weighted by Gasteiger charge is 2.34. The molecule has 0 saturated carbocycles. The number of hydrogen-bond donors (Lipinski definition) is 1. The first-order valence-corrected chi connectivity index (χ1v) is 10.2. The summed E-state index contributed by atoms with van der Waals surface area (Å²) in [5.41, 5.74) is 4.77. The van der Waals surface area contributed by atoms with Crippen LogP contribution in [0.15, 0.2) is 45.4 Å². The SMILES string of the molecule is Cn1c(=O)n(C)c2cc(/C=C3/SC(=S)N(NC(=O)c4cccs4)C3=O)ccc21. The Bertz CT molecular complexity index is 1220. The molecule has 0 unspecified atom stereocenters. The average Bonchev–Trinajstić information content (AvgIpc) is 3.35. The second kappa shape index (κ2) is 7.04. The fraction of sp³-hybridized carbons (Fsp3) is 0.111. The number of aryl methyl sites for hydroxylation is 2. The molecule has 1 aliphatic heterocycles. The van der Waals surface area contributed by atoms with Crippen molar-refractivity contribution in [3.8, 4) is 0 Å². The lowest BCUT2D eigenvalue weighted by Gasteiger charge is -2.14. The molecular formula is C18H14N4O3S3. The van der Waals surface area contributed by atoms with Crippen LogP contribution in [0.5, 0.6) is 0 Å². The highest BCUT2D eigenvalue weighted by Crippen LogP contribution is 2.32. The molecule has 2 aromatic heterocycles. The second-order valence-electron chi connectivity index (χ2n) is 6.08. The number of aromatic nitrogens is 2. The van der Waals surface area contributed by atoms with Gasteiger partial charge in [0.05, 0.1) is 20.8 Å². The van der Waals surface area contributed by atoms with Crippen LogP contribution >= 0.6 is 35.3 Å². The van der Waals surface area contributed by atoms with E-state index >= 15 is 0 Å². The predicted molar refractivity (Wildman–Crippen MR) is 115 cm³/mol. The summed E-state index contributed by atoms with van der Waals surface area (Å²) >= 11 is 7.64. The molecule has 7 nitrogen and oxygen atoms in total. The number of hydrogen-bond acceptors (Lipinski definition) is 6. The first-order chi connectivity index (χ1) is 13.4. The van der Waals surface area contributed by atoms with Crippen molar-refractivity contribution >= 4 is 68.6 Å². The van der Waals surface area contributed by atoms with Gasteiger partial charge in [0.1, 0.15) is 0 Å². The number of carbonyl (C=O) groups excluding carboxylic acids is 2. The normalized spacial score (nSPS) is 15.8. The topological polar surface area (TPSA) is 76.3 Å². The maximum atomic E-state index is 12.7. The zero-order valence-corrected chi connectivity index (χ0v) is 17.3. The number of amides is 2. The molecule has 4 rings (SSSR count). The lowest BCUT2D eigenvalue weighted by molar-refractivity contribution is -0.123. The minimum absolute atomic E-state index is 0.116. The number of hydrazine groups is 1. The van der Waals surface area contributed by atoms with Gasteiger partial charge < -0.3 is 0 Å². The monoisotopic (exact) mass is 430 g/mol. The van der Waals surface area contributed by atoms with Crippen molar-refractivity contribution in [1.29, 1.82) is 0 Å². The maximum absolute atomic E-state index is 12.7. The first-order valence-electron chi connectivity index (χ1n) is 8.14. The van der Waals surface area contributed by atoms with E-state index in [-0.39, 0.29) is 21.8 Å². The largest absolute Gasteiger partial charge is 0.328 e. The number of benzene rings is 1. The molecule has 1 aromatic carbocycles. The highest BCUT2D eigenvalue weighted by molar-refractivity contribution is 8.26. The van der Waals surface area contributed by atoms with Crippen molar-refractivity contribution in [2.45, 2.75) is 0 Å². The molecule has 2 amide bonds. The summed E-state index contributed by atoms with van der Waals surface area (Å²) in [6.45, 7) is 0. The highest BCUT2D eigenvalue weighted by atomic mass is 32.2. The zero-order chi connectivity index (χ0) is 20.0. The van der Waals surface area contributed by atoms with E-state index in [0.717, 1.165) is 33.4 Å². The number of thiophene rings is 1. The molecule has 28 heavy (non-hydrogen) atoms. The Morgan fingerprint density at radius 1 is 1.14 bits per heavy atom. The molecular weight excluding hydrogens is 416 g/mol. The fourth-order valence-electron chi connectivity index (χ4n) is 2.89. The molecule has 10 heteroatoms. The average molecular weight is 431 g/mol. The van der Waals surface area contributed by atoms with E-state index in [1.165, 1.54) is 11.3 Å². The van der Waals surface area contributed by atoms with Crippen molar-refractivity contribution in [3.05, 3.63) is 61.5 Å². The molecule has 0 bridgehead atoms. The lowest BCUT2D eigenvalue weighted by atomic mass is 10.2. The van der Waals surface area contributed by atoms with Crippen LogP contribution in [-0.2, 0) is 18.9 Å². The summed E-state index contributed by atoms with van der Waals surface area (Å²) in [4.78, 5) is 37.9. The van der Waals surface area contributed by atoms with Gasteiger partial charge in [0.2, 0.25) is 0 Å². The van der Waals surface area contributed by atoms with Gasteiger partial charge in [-0.05, 0) is 47.4 Å². The van der Waals surface area contributed by atoms with E-state index in [0.29, 0.717) is 9.78 Å². The number of imidazole rings is 1. The van der Waals surface area contributed by atoms with Crippen LogP contribution in [0.2, 0.25) is 0 Å². The molecule has 0 spiro atoms. The molecule has 1 N–H and O–H groups in total. The number of nitrogens with zero attached hydrogens (tertiary/aromatic N) is 3. The third-order valence-corrected chi connectivity index (χ3v) is 6.52. The van der Waals surface area contributed by atoms with Crippen molar-refractivity contribution in [2.75, 3.05) is 0 Å². The van der Waals surface area contributed by atoms with Crippen molar-refractivity contribution in [1.82, 2.24) is 19.6 Å². The van der Waals surface area contributed by atoms with E-state index in [2.05, 4.69) is 5.43 Å². The van der Waals surface area contributed by atoms with E-state index in [4.69, 9.17) is 12.2 Å². The molecule has 1 aliphatic rings. The summed E-state index contributed by atoms with van der Waals surface area (Å²) in [5, 5.41) is 2.87. The minimum Gasteiger partial charge on any atom is -0.295 e. The quantitative estimate of drug-likeness (QED) is 0.510. The first kappa shape index (κ1) is 18.7. The number of thiocarbonyl (C=S) groups is 1. The van der Waals surface area contributed by atoms with Gasteiger partial charge in [-0.2, -0.15) is 5.01 Å². The third-order valence-electron chi connectivity index (χ3n) is 4.35. The molecule has 0 radical (unpaired) electrons. The second-order valence-corrected chi connectivity index (χ2v) is 8.71. The standard InChI is InChI=1S/C18H14N4O3S3/c1-20-11-6-5-10(8-12(11)21(2)17(20)25)9-14-16(24)22(18(26)28-14)19-15(23)13-4-3-7-27-13/h3-9H,1-2H3,(H,19,23)/b14-9+. The van der Waals surface area contributed by atoms with Crippen LogP contribution < -0.4 is 11.1 Å². The third kappa shape index (κ3) is 3.09. The van der Waals surface area contributed by atoms with Gasteiger partial charge in [-0.1, -0.05) is 23.9 Å². The van der Waals surface area contributed by atoms with Crippen LogP contribution in [0.4, 0.5) is 0 Å². The van der Waals surface area contributed by atoms with Crippen molar-refractivity contribution in [3.63, 3.8) is 0 Å². The van der Waals surface area contributed by atoms with Gasteiger partial charge in [-0.3, -0.25) is 24.1 Å². The molecule has 1 fully saturated rings. The van der Waals surface area contributed by atoms with Gasteiger partial charge in [0, 0.05) is 14.1 Å². The van der Waals surface area contributed by atoms with Crippen LogP contribution in [-0.4, -0.2) is 30.3 Å². The van der Waals surface area contributed by atoms with E-state index < -0.39 is 0 Å². The zero-order valence-electron chi connectivity index (χ0n) is 14.8. The predicted octanol–water partition coefficient (Wildman–Crippen LogP) is 2.48. The van der Waals surface area contributed by atoms with Gasteiger partial charge in [-0.25, -0.2) is 4.79 Å². The smallest absolute Gasteiger partial charge is 0.295 e. The number of rotatable bonds is 3. The molecule has 3 aromatic rings. The summed E-state index contributed by atoms with van der Waals surface area (Å²) < 4.78 is 3.38. The van der Waals surface area contributed by atoms with E-state index in [1.54, 1.807) is 46.8 Å². The van der Waals surface area contributed by atoms with Gasteiger partial charge in [0.15, 0.2) is 4.32 Å². The van der Waals surface area contributed by atoms with E-state index in [9.17, 15) is 14.4 Å². The van der Waals surface area contributed by atoms with Crippen LogP contribution in [0, 0.1) is 0 Å². The molecule has 0 aliphatic carbocycles. The van der Waals surface area contributed by atoms with E-state index in [1.807, 2.05) is 18.2 Å². The van der Waals surface area contributed by atoms with Crippen molar-refractivity contribution < 1.29 is 9.59 Å². The Kier molecular flexibility index (Phi) is 4.69. The maximum Gasteiger partial charge on any atom is 0.328 e. The molecule has 0 atom stereocenters. The van der Waals surface area contributed by atoms with Crippen LogP contribution in [0.25, 0.3) is 17.1 Å². The van der Waals surface area contributed by atoms with Gasteiger partial charge in [0.25, 0.3) is 11.8 Å². The minimum atomic E-state index is -0.387. The Labute approximate surface area is 173 Å². The Hall–Kier alpha value is -2.69. The summed E-state index contributed by atoms with van der Waals surface area (Å²) in [5.74, 6) is -0.768. The molecule has 3 heterocycles. The summed E-state index contributed by atoms with van der Waals surface area (Å²) in [6.07, 6.45) is 1.70. The Morgan fingerprint density at radius 3 is 2.61 bits per heavy atom. The number of carbonyl (C=O) groups is 2. The van der Waals surface area contributed by atoms with Gasteiger partial charge in [-0.15, -0.1) is 11.3 Å². The number of thioether (sulfide) groups is 1. The fourth-order valence-corrected chi connectivity index (χ4v) is 4.69. The molecule has 142 valence electrons. The Balaban J connectivity index is 1.62. The van der Waals surface area contributed by atoms with Crippen LogP contribution in [0.1, 0.15) is 15.2 Å².